The van der Waals surface area contributed by atoms with Crippen molar-refractivity contribution in [3.8, 4) is 0 Å². The Morgan fingerprint density at radius 1 is 1.00 bits per heavy atom. The summed E-state index contributed by atoms with van der Waals surface area (Å²) in [6.45, 7) is 5.82. The zero-order chi connectivity index (χ0) is 28.1. The van der Waals surface area contributed by atoms with E-state index < -0.39 is 46.1 Å². The minimum atomic E-state index is -1.81. The lowest BCUT2D eigenvalue weighted by molar-refractivity contribution is -0.384. The Hall–Kier alpha value is -4.37. The fourth-order valence-electron chi connectivity index (χ4n) is 5.99. The Balaban J connectivity index is 1.65. The van der Waals surface area contributed by atoms with E-state index in [-0.39, 0.29) is 12.1 Å². The predicted molar refractivity (Wildman–Crippen MR) is 144 cm³/mol. The molecular formula is C30H29N3O6. The van der Waals surface area contributed by atoms with Crippen LogP contribution in [0.15, 0.2) is 66.7 Å². The van der Waals surface area contributed by atoms with E-state index in [1.54, 1.807) is 12.1 Å². The molecule has 9 nitrogen and oxygen atoms in total. The zero-order valence-corrected chi connectivity index (χ0v) is 21.9. The van der Waals surface area contributed by atoms with Gasteiger partial charge in [0.15, 0.2) is 0 Å². The second kappa shape index (κ2) is 9.74. The summed E-state index contributed by atoms with van der Waals surface area (Å²) in [7, 11) is 0. The molecule has 4 unspecified atom stereocenters. The highest BCUT2D eigenvalue weighted by Gasteiger charge is 2.68. The van der Waals surface area contributed by atoms with Crippen molar-refractivity contribution in [2.24, 2.45) is 11.8 Å². The zero-order valence-electron chi connectivity index (χ0n) is 21.9. The molecule has 2 fully saturated rings. The Bertz CT molecular complexity index is 1480. The first-order valence-electron chi connectivity index (χ1n) is 12.9. The third-order valence-electron chi connectivity index (χ3n) is 8.04. The molecule has 9 heteroatoms. The molecule has 2 saturated heterocycles. The van der Waals surface area contributed by atoms with E-state index in [2.05, 4.69) is 5.32 Å². The van der Waals surface area contributed by atoms with Gasteiger partial charge >= 0.3 is 5.97 Å². The Labute approximate surface area is 225 Å². The fourth-order valence-corrected chi connectivity index (χ4v) is 5.99. The number of hydrogen-bond donors (Lipinski definition) is 2. The summed E-state index contributed by atoms with van der Waals surface area (Å²) < 4.78 is 0. The molecule has 5 rings (SSSR count). The van der Waals surface area contributed by atoms with Crippen LogP contribution in [0.4, 0.5) is 11.4 Å². The van der Waals surface area contributed by atoms with Crippen molar-refractivity contribution < 1.29 is 24.4 Å². The number of imide groups is 1. The van der Waals surface area contributed by atoms with E-state index in [4.69, 9.17) is 0 Å². The summed E-state index contributed by atoms with van der Waals surface area (Å²) in [5, 5.41) is 25.0. The van der Waals surface area contributed by atoms with Gasteiger partial charge in [-0.15, -0.1) is 0 Å². The van der Waals surface area contributed by atoms with Gasteiger partial charge in [0.25, 0.3) is 5.69 Å². The van der Waals surface area contributed by atoms with Crippen molar-refractivity contribution in [1.29, 1.82) is 0 Å². The molecule has 0 aliphatic carbocycles. The Morgan fingerprint density at radius 3 is 2.23 bits per heavy atom. The highest BCUT2D eigenvalue weighted by molar-refractivity contribution is 6.24. The normalized spacial score (nSPS) is 24.2. The van der Waals surface area contributed by atoms with Gasteiger partial charge in [-0.25, -0.2) is 4.90 Å². The highest BCUT2D eigenvalue weighted by atomic mass is 16.6. The van der Waals surface area contributed by atoms with Crippen molar-refractivity contribution in [1.82, 2.24) is 5.32 Å². The van der Waals surface area contributed by atoms with Gasteiger partial charge in [-0.3, -0.25) is 29.8 Å². The lowest BCUT2D eigenvalue weighted by Gasteiger charge is -2.31. The van der Waals surface area contributed by atoms with Gasteiger partial charge in [0.1, 0.15) is 5.54 Å². The summed E-state index contributed by atoms with van der Waals surface area (Å²) in [4.78, 5) is 52.9. The monoisotopic (exact) mass is 527 g/mol. The number of carboxylic acids is 1. The van der Waals surface area contributed by atoms with Crippen LogP contribution in [-0.4, -0.2) is 33.4 Å². The van der Waals surface area contributed by atoms with E-state index >= 15 is 0 Å². The van der Waals surface area contributed by atoms with Gasteiger partial charge in [-0.2, -0.15) is 0 Å². The van der Waals surface area contributed by atoms with Gasteiger partial charge in [0.05, 0.1) is 22.4 Å². The predicted octanol–water partition coefficient (Wildman–Crippen LogP) is 4.29. The average Bonchev–Trinajstić information content (AvgIpc) is 3.39. The summed E-state index contributed by atoms with van der Waals surface area (Å²) in [5.74, 6) is -4.40. The van der Waals surface area contributed by atoms with E-state index in [0.717, 1.165) is 33.6 Å². The maximum absolute atomic E-state index is 14.0. The molecule has 2 aliphatic rings. The number of fused-ring (bicyclic) bond motifs is 1. The second-order valence-corrected chi connectivity index (χ2v) is 10.4. The van der Waals surface area contributed by atoms with Crippen LogP contribution in [0, 0.1) is 35.8 Å². The molecule has 0 bridgehead atoms. The van der Waals surface area contributed by atoms with E-state index in [0.29, 0.717) is 11.3 Å². The topological polar surface area (TPSA) is 130 Å². The Kier molecular flexibility index (Phi) is 6.56. The standard InChI is InChI=1S/C30H29N3O6/c1-4-19-7-11-21(12-8-19)32-27(34)24-25(28(32)35)30(29(36)37,16-20-9-13-22(14-10-20)33(38)39)31-26(24)23-15-17(2)5-6-18(23)3/h5-15,24-26,31H,4,16H2,1-3H3,(H,36,37). The number of rotatable bonds is 7. The lowest BCUT2D eigenvalue weighted by Crippen LogP contribution is -2.57. The van der Waals surface area contributed by atoms with Gasteiger partial charge in [0.2, 0.25) is 11.8 Å². The molecule has 0 radical (unpaired) electrons. The summed E-state index contributed by atoms with van der Waals surface area (Å²) in [6.07, 6.45) is 0.661. The number of benzene rings is 3. The number of nitrogens with one attached hydrogen (secondary N) is 1. The first-order valence-corrected chi connectivity index (χ1v) is 12.9. The molecule has 0 saturated carbocycles. The fraction of sp³-hybridized carbons (Fsp3) is 0.300. The van der Waals surface area contributed by atoms with Crippen molar-refractivity contribution in [2.45, 2.75) is 45.2 Å². The molecule has 4 atom stereocenters. The van der Waals surface area contributed by atoms with Gasteiger partial charge < -0.3 is 5.11 Å². The number of nitrogens with zero attached hydrogens (tertiary/aromatic N) is 2. The third kappa shape index (κ3) is 4.28. The van der Waals surface area contributed by atoms with Crippen molar-refractivity contribution in [3.05, 3.63) is 105 Å². The minimum Gasteiger partial charge on any atom is -0.480 e. The molecule has 39 heavy (non-hydrogen) atoms. The van der Waals surface area contributed by atoms with Crippen LogP contribution in [0.25, 0.3) is 0 Å². The molecule has 2 N–H and O–H groups in total. The van der Waals surface area contributed by atoms with Crippen molar-refractivity contribution >= 4 is 29.2 Å². The molecule has 0 spiro atoms. The van der Waals surface area contributed by atoms with Crippen LogP contribution in [0.1, 0.15) is 40.8 Å². The molecule has 2 amide bonds. The number of anilines is 1. The number of hydrogen-bond acceptors (Lipinski definition) is 6. The SMILES string of the molecule is CCc1ccc(N2C(=O)C3C(c4cc(C)ccc4C)NC(Cc4ccc([N+](=O)[O-])cc4)(C(=O)O)C3C2=O)cc1. The highest BCUT2D eigenvalue weighted by Crippen LogP contribution is 2.51. The van der Waals surface area contributed by atoms with Crippen LogP contribution >= 0.6 is 0 Å². The van der Waals surface area contributed by atoms with Crippen LogP contribution < -0.4 is 10.2 Å². The smallest absolute Gasteiger partial charge is 0.325 e. The van der Waals surface area contributed by atoms with Crippen LogP contribution in [0.3, 0.4) is 0 Å². The van der Waals surface area contributed by atoms with E-state index in [1.165, 1.54) is 24.3 Å². The van der Waals surface area contributed by atoms with Gasteiger partial charge in [-0.1, -0.05) is 55.0 Å². The number of nitro groups is 1. The van der Waals surface area contributed by atoms with Crippen LogP contribution in [0.5, 0.6) is 0 Å². The van der Waals surface area contributed by atoms with Crippen LogP contribution in [-0.2, 0) is 27.2 Å². The molecule has 2 heterocycles. The maximum atomic E-state index is 14.0. The third-order valence-corrected chi connectivity index (χ3v) is 8.04. The molecule has 2 aliphatic heterocycles. The lowest BCUT2D eigenvalue weighted by atomic mass is 9.76. The summed E-state index contributed by atoms with van der Waals surface area (Å²) in [5.41, 5.74) is 2.61. The first kappa shape index (κ1) is 26.2. The number of aliphatic carboxylic acids is 1. The van der Waals surface area contributed by atoms with Crippen molar-refractivity contribution in [3.63, 3.8) is 0 Å². The second-order valence-electron chi connectivity index (χ2n) is 10.4. The van der Waals surface area contributed by atoms with Gasteiger partial charge in [0, 0.05) is 24.6 Å². The molecular weight excluding hydrogens is 498 g/mol. The Morgan fingerprint density at radius 2 is 1.64 bits per heavy atom. The van der Waals surface area contributed by atoms with Gasteiger partial charge in [-0.05, 0) is 54.7 Å². The quantitative estimate of drug-likeness (QED) is 0.266. The minimum absolute atomic E-state index is 0.123. The summed E-state index contributed by atoms with van der Waals surface area (Å²) >= 11 is 0. The number of aryl methyl sites for hydroxylation is 3. The molecule has 0 aromatic heterocycles. The first-order chi connectivity index (χ1) is 18.6. The molecule has 200 valence electrons. The number of amides is 2. The number of non-ortho nitro benzene ring substituents is 1. The van der Waals surface area contributed by atoms with Crippen LogP contribution in [0.2, 0.25) is 0 Å². The van der Waals surface area contributed by atoms with E-state index in [1.807, 2.05) is 51.1 Å². The number of carbonyl (C=O) groups excluding carboxylic acids is 2. The average molecular weight is 528 g/mol. The number of carboxylic acid groups (broad SMARTS) is 1. The summed E-state index contributed by atoms with van der Waals surface area (Å²) in [6, 6.07) is 17.8. The van der Waals surface area contributed by atoms with Crippen molar-refractivity contribution in [2.75, 3.05) is 4.90 Å². The van der Waals surface area contributed by atoms with E-state index in [9.17, 15) is 29.6 Å². The largest absolute Gasteiger partial charge is 0.480 e. The maximum Gasteiger partial charge on any atom is 0.325 e. The number of carbonyl (C=O) groups is 3. The molecule has 3 aromatic carbocycles. The number of nitro benzene ring substituents is 1. The molecule has 3 aromatic rings.